The standard InChI is InChI=1S/C15H18ClNO2/c1-9(2)17-13-6-4-5-12(16)11(13)8-14(17)10(3)7-15(18)19/h4-6,8-10H,7H2,1-3H3,(H,18,19). The van der Waals surface area contributed by atoms with Crippen LogP contribution in [0.15, 0.2) is 24.3 Å². The average Bonchev–Trinajstić information content (AvgIpc) is 2.68. The Balaban J connectivity index is 2.63. The Labute approximate surface area is 117 Å². The van der Waals surface area contributed by atoms with Gasteiger partial charge in [-0.1, -0.05) is 24.6 Å². The number of fused-ring (bicyclic) bond motifs is 1. The number of nitrogens with zero attached hydrogens (tertiary/aromatic N) is 1. The fraction of sp³-hybridized carbons (Fsp3) is 0.400. The van der Waals surface area contributed by atoms with Gasteiger partial charge in [0.2, 0.25) is 0 Å². The maximum absolute atomic E-state index is 10.9. The number of aliphatic carboxylic acids is 1. The molecule has 2 aromatic rings. The monoisotopic (exact) mass is 279 g/mol. The molecule has 0 bridgehead atoms. The third kappa shape index (κ3) is 2.61. The Hall–Kier alpha value is -1.48. The van der Waals surface area contributed by atoms with Crippen LogP contribution in [0.5, 0.6) is 0 Å². The summed E-state index contributed by atoms with van der Waals surface area (Å²) in [6.45, 7) is 6.13. The Bertz CT molecular complexity index is 616. The predicted molar refractivity (Wildman–Crippen MR) is 78.0 cm³/mol. The predicted octanol–water partition coefficient (Wildman–Crippen LogP) is 4.45. The number of aromatic nitrogens is 1. The second-order valence-corrected chi connectivity index (χ2v) is 5.61. The van der Waals surface area contributed by atoms with Crippen molar-refractivity contribution >= 4 is 28.5 Å². The van der Waals surface area contributed by atoms with Gasteiger partial charge in [0, 0.05) is 33.6 Å². The largest absolute Gasteiger partial charge is 0.481 e. The second-order valence-electron chi connectivity index (χ2n) is 5.20. The van der Waals surface area contributed by atoms with E-state index in [2.05, 4.69) is 18.4 Å². The van der Waals surface area contributed by atoms with Gasteiger partial charge < -0.3 is 9.67 Å². The summed E-state index contributed by atoms with van der Waals surface area (Å²) in [4.78, 5) is 10.9. The van der Waals surface area contributed by atoms with Crippen molar-refractivity contribution in [3.05, 3.63) is 35.0 Å². The Kier molecular flexibility index (Phi) is 3.85. The van der Waals surface area contributed by atoms with Crippen LogP contribution in [0, 0.1) is 0 Å². The van der Waals surface area contributed by atoms with Crippen molar-refractivity contribution < 1.29 is 9.90 Å². The Morgan fingerprint density at radius 1 is 1.37 bits per heavy atom. The lowest BCUT2D eigenvalue weighted by atomic mass is 10.0. The van der Waals surface area contributed by atoms with Gasteiger partial charge in [0.25, 0.3) is 0 Å². The second kappa shape index (κ2) is 5.25. The third-order valence-corrected chi connectivity index (χ3v) is 3.69. The van der Waals surface area contributed by atoms with Crippen LogP contribution in [0.1, 0.15) is 44.8 Å². The minimum atomic E-state index is -0.779. The summed E-state index contributed by atoms with van der Waals surface area (Å²) in [5.74, 6) is -0.817. The van der Waals surface area contributed by atoms with E-state index < -0.39 is 5.97 Å². The van der Waals surface area contributed by atoms with Gasteiger partial charge in [-0.3, -0.25) is 4.79 Å². The number of carboxylic acid groups (broad SMARTS) is 1. The number of halogens is 1. The number of carboxylic acids is 1. The molecular formula is C15H18ClNO2. The summed E-state index contributed by atoms with van der Waals surface area (Å²) < 4.78 is 2.18. The quantitative estimate of drug-likeness (QED) is 0.898. The van der Waals surface area contributed by atoms with E-state index in [9.17, 15) is 4.79 Å². The summed E-state index contributed by atoms with van der Waals surface area (Å²) >= 11 is 6.23. The normalized spacial score (nSPS) is 13.1. The van der Waals surface area contributed by atoms with E-state index in [1.807, 2.05) is 31.2 Å². The molecule has 1 aromatic heterocycles. The molecule has 2 rings (SSSR count). The van der Waals surface area contributed by atoms with Gasteiger partial charge in [-0.2, -0.15) is 0 Å². The van der Waals surface area contributed by atoms with Crippen molar-refractivity contribution in [2.24, 2.45) is 0 Å². The summed E-state index contributed by atoms with van der Waals surface area (Å²) in [6.07, 6.45) is 0.126. The summed E-state index contributed by atoms with van der Waals surface area (Å²) in [5.41, 5.74) is 2.09. The zero-order valence-electron chi connectivity index (χ0n) is 11.4. The highest BCUT2D eigenvalue weighted by Gasteiger charge is 2.19. The molecular weight excluding hydrogens is 262 g/mol. The van der Waals surface area contributed by atoms with Gasteiger partial charge in [-0.15, -0.1) is 0 Å². The summed E-state index contributed by atoms with van der Waals surface area (Å²) in [5, 5.41) is 10.7. The minimum Gasteiger partial charge on any atom is -0.481 e. The van der Waals surface area contributed by atoms with Gasteiger partial charge >= 0.3 is 5.97 Å². The first-order chi connectivity index (χ1) is 8.91. The zero-order valence-corrected chi connectivity index (χ0v) is 12.1. The van der Waals surface area contributed by atoms with Gasteiger partial charge in [0.1, 0.15) is 0 Å². The molecule has 19 heavy (non-hydrogen) atoms. The molecule has 0 saturated heterocycles. The molecule has 0 aliphatic heterocycles. The molecule has 4 heteroatoms. The van der Waals surface area contributed by atoms with Crippen molar-refractivity contribution in [2.75, 3.05) is 0 Å². The van der Waals surface area contributed by atoms with E-state index in [4.69, 9.17) is 16.7 Å². The van der Waals surface area contributed by atoms with Crippen molar-refractivity contribution in [3.8, 4) is 0 Å². The molecule has 0 spiro atoms. The smallest absolute Gasteiger partial charge is 0.304 e. The molecule has 0 aliphatic rings. The number of hydrogen-bond donors (Lipinski definition) is 1. The highest BCUT2D eigenvalue weighted by Crippen LogP contribution is 2.33. The molecule has 1 aromatic carbocycles. The van der Waals surface area contributed by atoms with Crippen LogP contribution in [0.25, 0.3) is 10.9 Å². The molecule has 0 saturated carbocycles. The van der Waals surface area contributed by atoms with Crippen molar-refractivity contribution in [1.29, 1.82) is 0 Å². The lowest BCUT2D eigenvalue weighted by Gasteiger charge is -2.18. The highest BCUT2D eigenvalue weighted by atomic mass is 35.5. The van der Waals surface area contributed by atoms with Gasteiger partial charge in [-0.05, 0) is 32.0 Å². The summed E-state index contributed by atoms with van der Waals surface area (Å²) in [6, 6.07) is 8.10. The Morgan fingerprint density at radius 2 is 2.05 bits per heavy atom. The van der Waals surface area contributed by atoms with E-state index >= 15 is 0 Å². The van der Waals surface area contributed by atoms with E-state index in [0.717, 1.165) is 16.6 Å². The van der Waals surface area contributed by atoms with Crippen LogP contribution in [0.3, 0.4) is 0 Å². The molecule has 102 valence electrons. The lowest BCUT2D eigenvalue weighted by molar-refractivity contribution is -0.137. The first-order valence-electron chi connectivity index (χ1n) is 6.43. The van der Waals surface area contributed by atoms with Crippen LogP contribution in [0.4, 0.5) is 0 Å². The fourth-order valence-electron chi connectivity index (χ4n) is 2.56. The molecule has 0 amide bonds. The molecule has 1 heterocycles. The van der Waals surface area contributed by atoms with Crippen molar-refractivity contribution in [3.63, 3.8) is 0 Å². The molecule has 3 nitrogen and oxygen atoms in total. The molecule has 1 unspecified atom stereocenters. The van der Waals surface area contributed by atoms with Crippen LogP contribution in [-0.2, 0) is 4.79 Å². The average molecular weight is 280 g/mol. The van der Waals surface area contributed by atoms with Gasteiger partial charge in [0.15, 0.2) is 0 Å². The molecule has 0 radical (unpaired) electrons. The SMILES string of the molecule is CC(CC(=O)O)c1cc2c(Cl)cccc2n1C(C)C. The van der Waals surface area contributed by atoms with E-state index in [-0.39, 0.29) is 18.4 Å². The van der Waals surface area contributed by atoms with Gasteiger partial charge in [-0.25, -0.2) is 0 Å². The van der Waals surface area contributed by atoms with Crippen molar-refractivity contribution in [1.82, 2.24) is 4.57 Å². The lowest BCUT2D eigenvalue weighted by Crippen LogP contribution is -2.11. The van der Waals surface area contributed by atoms with E-state index in [0.29, 0.717) is 5.02 Å². The van der Waals surface area contributed by atoms with Crippen LogP contribution < -0.4 is 0 Å². The molecule has 1 atom stereocenters. The van der Waals surface area contributed by atoms with Crippen LogP contribution in [0.2, 0.25) is 5.02 Å². The summed E-state index contributed by atoms with van der Waals surface area (Å²) in [7, 11) is 0. The first-order valence-corrected chi connectivity index (χ1v) is 6.80. The van der Waals surface area contributed by atoms with E-state index in [1.165, 1.54) is 0 Å². The maximum Gasteiger partial charge on any atom is 0.304 e. The number of rotatable bonds is 4. The topological polar surface area (TPSA) is 42.2 Å². The number of benzene rings is 1. The number of carbonyl (C=O) groups is 1. The molecule has 0 aliphatic carbocycles. The van der Waals surface area contributed by atoms with Crippen LogP contribution in [-0.4, -0.2) is 15.6 Å². The highest BCUT2D eigenvalue weighted by molar-refractivity contribution is 6.35. The zero-order chi connectivity index (χ0) is 14.2. The van der Waals surface area contributed by atoms with Crippen molar-refractivity contribution in [2.45, 2.75) is 39.2 Å². The molecule has 0 fully saturated rings. The molecule has 1 N–H and O–H groups in total. The third-order valence-electron chi connectivity index (χ3n) is 3.36. The fourth-order valence-corrected chi connectivity index (χ4v) is 2.78. The maximum atomic E-state index is 10.9. The van der Waals surface area contributed by atoms with Crippen LogP contribution >= 0.6 is 11.6 Å². The van der Waals surface area contributed by atoms with E-state index in [1.54, 1.807) is 0 Å². The number of hydrogen-bond acceptors (Lipinski definition) is 1. The van der Waals surface area contributed by atoms with Gasteiger partial charge in [0.05, 0.1) is 6.42 Å². The first kappa shape index (κ1) is 13.9. The minimum absolute atomic E-state index is 0.0385. The Morgan fingerprint density at radius 3 is 2.63 bits per heavy atom.